The molecule has 0 aromatic heterocycles. The van der Waals surface area contributed by atoms with Crippen LogP contribution in [0.4, 0.5) is 0 Å². The Hall–Kier alpha value is 2.01. The van der Waals surface area contributed by atoms with Crippen LogP contribution in [0.1, 0.15) is 0 Å². The third kappa shape index (κ3) is 14.5. The molecule has 0 spiro atoms. The van der Waals surface area contributed by atoms with E-state index in [1.807, 2.05) is 28.4 Å². The summed E-state index contributed by atoms with van der Waals surface area (Å²) in [6.07, 6.45) is 0. The molecule has 12 heavy (non-hydrogen) atoms. The first kappa shape index (κ1) is 16.4. The van der Waals surface area contributed by atoms with Gasteiger partial charge in [-0.1, -0.05) is 0 Å². The largest absolute Gasteiger partial charge is 0.648 e. The van der Waals surface area contributed by atoms with E-state index in [9.17, 15) is 0 Å². The maximum absolute atomic E-state index is 4.48. The Labute approximate surface area is 84.3 Å². The van der Waals surface area contributed by atoms with Crippen molar-refractivity contribution in [1.29, 1.82) is 0 Å². The van der Waals surface area contributed by atoms with Gasteiger partial charge in [-0.05, 0) is 28.4 Å². The normalized spacial score (nSPS) is 8.75. The van der Waals surface area contributed by atoms with E-state index in [2.05, 4.69) is 41.3 Å². The minimum atomic E-state index is -0.625. The summed E-state index contributed by atoms with van der Waals surface area (Å²) in [5.41, 5.74) is 0. The maximum Gasteiger partial charge on any atom is 0.648 e. The van der Waals surface area contributed by atoms with Crippen LogP contribution in [0.3, 0.4) is 0 Å². The van der Waals surface area contributed by atoms with Gasteiger partial charge in [-0.25, -0.2) is 0 Å². The van der Waals surface area contributed by atoms with Gasteiger partial charge in [-0.2, -0.15) is 0 Å². The smallest absolute Gasteiger partial charge is 0.368 e. The Kier molecular flexibility index (Phi) is 21.2. The second kappa shape index (κ2) is 15.5. The molecule has 0 saturated heterocycles. The van der Waals surface area contributed by atoms with E-state index in [1.165, 1.54) is 0 Å². The molecule has 0 N–H and O–H groups in total. The van der Waals surface area contributed by atoms with Crippen LogP contribution < -0.4 is 0 Å². The molecule has 0 bridgehead atoms. The third-order valence-corrected chi connectivity index (χ3v) is 1.41. The van der Waals surface area contributed by atoms with E-state index >= 15 is 0 Å². The van der Waals surface area contributed by atoms with Crippen LogP contribution >= 0.6 is 47.3 Å². The summed E-state index contributed by atoms with van der Waals surface area (Å²) in [7, 11) is 9.52. The lowest BCUT2D eigenvalue weighted by Gasteiger charge is -2.00. The molecule has 11 heteroatoms. The van der Waals surface area contributed by atoms with E-state index in [1.54, 1.807) is 0 Å². The minimum Gasteiger partial charge on any atom is -0.368 e. The molecule has 0 saturated carbocycles. The Morgan fingerprint density at radius 3 is 1.08 bits per heavy atom. The standard InChI is InChI=1S/CH6O2P2.BH6O3P3/c4-2-1-3-5;5-2-1(3-6)4-7/h1,4-5H2;5-7H2. The van der Waals surface area contributed by atoms with Crippen molar-refractivity contribution in [2.75, 3.05) is 6.79 Å². The predicted octanol–water partition coefficient (Wildman–Crippen LogP) is 0.949. The highest BCUT2D eigenvalue weighted by molar-refractivity contribution is 7.18. The van der Waals surface area contributed by atoms with Crippen molar-refractivity contribution in [1.82, 2.24) is 0 Å². The lowest BCUT2D eigenvalue weighted by molar-refractivity contribution is 0.165. The topological polar surface area (TPSA) is 46.2 Å². The predicted molar refractivity (Wildman–Crippen MR) is 64.6 cm³/mol. The average Bonchev–Trinajstić information content (AvgIpc) is 2.10. The monoisotopic (exact) mass is 270 g/mol. The molecule has 0 rings (SSSR count). The van der Waals surface area contributed by atoms with Crippen LogP contribution in [-0.4, -0.2) is 14.1 Å². The second-order valence-corrected chi connectivity index (χ2v) is 2.63. The summed E-state index contributed by atoms with van der Waals surface area (Å²) in [6.45, 7) is 0.315. The molecule has 0 aromatic rings. The molecule has 0 aromatic carbocycles. The van der Waals surface area contributed by atoms with E-state index in [4.69, 9.17) is 0 Å². The minimum absolute atomic E-state index is 0.315. The van der Waals surface area contributed by atoms with Crippen LogP contribution in [0.5, 0.6) is 0 Å². The van der Waals surface area contributed by atoms with Crippen molar-refractivity contribution in [3.63, 3.8) is 0 Å². The fourth-order valence-corrected chi connectivity index (χ4v) is 1.22. The number of hydrogen-bond donors (Lipinski definition) is 0. The zero-order chi connectivity index (χ0) is 9.82. The molecule has 5 atom stereocenters. The van der Waals surface area contributed by atoms with Crippen LogP contribution in [0.15, 0.2) is 0 Å². The second-order valence-electron chi connectivity index (χ2n) is 1.15. The molecular formula is CH12BO5P5. The highest BCUT2D eigenvalue weighted by Gasteiger charge is 2.13. The van der Waals surface area contributed by atoms with E-state index in [0.29, 0.717) is 6.79 Å². The SMILES string of the molecule is POB(OP)OP.POCOP. The molecule has 0 amide bonds. The first-order valence-corrected chi connectivity index (χ1v) is 4.82. The van der Waals surface area contributed by atoms with Gasteiger partial charge in [0.2, 0.25) is 0 Å². The van der Waals surface area contributed by atoms with Crippen molar-refractivity contribution in [3.8, 4) is 0 Å². The summed E-state index contributed by atoms with van der Waals surface area (Å²) < 4.78 is 22.2. The molecule has 0 aliphatic heterocycles. The Morgan fingerprint density at radius 1 is 0.750 bits per heavy atom. The van der Waals surface area contributed by atoms with E-state index < -0.39 is 7.32 Å². The summed E-state index contributed by atoms with van der Waals surface area (Å²) in [6, 6.07) is 0. The maximum atomic E-state index is 4.48. The lowest BCUT2D eigenvalue weighted by Crippen LogP contribution is -2.12. The van der Waals surface area contributed by atoms with Gasteiger partial charge < -0.3 is 22.4 Å². The third-order valence-electron chi connectivity index (χ3n) is 0.469. The highest BCUT2D eigenvalue weighted by Crippen LogP contribution is 2.03. The molecule has 0 aliphatic carbocycles. The Bertz CT molecular complexity index is 65.3. The Balaban J connectivity index is 0. The van der Waals surface area contributed by atoms with Gasteiger partial charge in [-0.3, -0.25) is 0 Å². The average molecular weight is 270 g/mol. The Morgan fingerprint density at radius 2 is 1.08 bits per heavy atom. The molecular weight excluding hydrogens is 258 g/mol. The van der Waals surface area contributed by atoms with Crippen molar-refractivity contribution >= 4 is 54.7 Å². The van der Waals surface area contributed by atoms with Crippen LogP contribution in [-0.2, 0) is 22.4 Å². The summed E-state index contributed by atoms with van der Waals surface area (Å²) >= 11 is 0. The van der Waals surface area contributed by atoms with Gasteiger partial charge in [0.15, 0.2) is 6.79 Å². The molecule has 5 nitrogen and oxygen atoms in total. The van der Waals surface area contributed by atoms with Crippen LogP contribution in [0.2, 0.25) is 0 Å². The summed E-state index contributed by atoms with van der Waals surface area (Å²) in [5, 5.41) is 0. The van der Waals surface area contributed by atoms with Gasteiger partial charge in [-0.15, -0.1) is 0 Å². The fraction of sp³-hybridized carbons (Fsp3) is 1.00. The van der Waals surface area contributed by atoms with Crippen molar-refractivity contribution in [2.45, 2.75) is 0 Å². The van der Waals surface area contributed by atoms with Gasteiger partial charge in [0.25, 0.3) is 0 Å². The van der Waals surface area contributed by atoms with Gasteiger partial charge in [0.1, 0.15) is 0 Å². The summed E-state index contributed by atoms with van der Waals surface area (Å²) in [4.78, 5) is 0. The fourth-order valence-electron chi connectivity index (χ4n) is 0.136. The molecule has 74 valence electrons. The quantitative estimate of drug-likeness (QED) is 0.422. The van der Waals surface area contributed by atoms with Gasteiger partial charge in [0, 0.05) is 18.9 Å². The molecule has 0 radical (unpaired) electrons. The van der Waals surface area contributed by atoms with E-state index in [-0.39, 0.29) is 0 Å². The molecule has 0 fully saturated rings. The molecule has 5 unspecified atom stereocenters. The lowest BCUT2D eigenvalue weighted by atomic mass is 10.3. The van der Waals surface area contributed by atoms with Crippen molar-refractivity contribution in [2.24, 2.45) is 0 Å². The van der Waals surface area contributed by atoms with Crippen LogP contribution in [0.25, 0.3) is 0 Å². The zero-order valence-electron chi connectivity index (χ0n) is 6.21. The van der Waals surface area contributed by atoms with Crippen LogP contribution in [0, 0.1) is 0 Å². The first-order valence-electron chi connectivity index (χ1n) is 2.46. The van der Waals surface area contributed by atoms with Crippen molar-refractivity contribution < 1.29 is 22.4 Å². The van der Waals surface area contributed by atoms with Gasteiger partial charge in [0.05, 0.1) is 0 Å². The first-order chi connectivity index (χ1) is 5.76. The molecule has 0 heterocycles. The van der Waals surface area contributed by atoms with E-state index in [0.717, 1.165) is 0 Å². The van der Waals surface area contributed by atoms with Gasteiger partial charge >= 0.3 is 7.32 Å². The number of rotatable bonds is 5. The summed E-state index contributed by atoms with van der Waals surface area (Å²) in [5.74, 6) is 0. The zero-order valence-corrected chi connectivity index (χ0v) is 12.0. The molecule has 0 aliphatic rings. The number of hydrogen-bond acceptors (Lipinski definition) is 5. The highest BCUT2D eigenvalue weighted by atomic mass is 31.0. The van der Waals surface area contributed by atoms with Crippen molar-refractivity contribution in [3.05, 3.63) is 0 Å².